The number of nitrogens with two attached hydrogens (primary N) is 1. The zero-order valence-electron chi connectivity index (χ0n) is 11.1. The molecule has 3 N–H and O–H groups in total. The van der Waals surface area contributed by atoms with Crippen LogP contribution >= 0.6 is 0 Å². The minimum Gasteiger partial charge on any atom is -0.479 e. The van der Waals surface area contributed by atoms with Crippen molar-refractivity contribution in [1.29, 1.82) is 5.26 Å². The number of carbonyl (C=O) groups excluding carboxylic acids is 1. The van der Waals surface area contributed by atoms with E-state index in [9.17, 15) is 4.79 Å². The van der Waals surface area contributed by atoms with Crippen molar-refractivity contribution in [2.75, 3.05) is 11.9 Å². The Morgan fingerprint density at radius 1 is 1.47 bits per heavy atom. The molecule has 0 radical (unpaired) electrons. The fourth-order valence-corrected chi connectivity index (χ4v) is 1.54. The van der Waals surface area contributed by atoms with Crippen LogP contribution in [0.3, 0.4) is 0 Å². The zero-order chi connectivity index (χ0) is 14.1. The van der Waals surface area contributed by atoms with E-state index >= 15 is 0 Å². The summed E-state index contributed by atoms with van der Waals surface area (Å²) in [5, 5.41) is 11.1. The van der Waals surface area contributed by atoms with E-state index in [0.717, 1.165) is 12.8 Å². The van der Waals surface area contributed by atoms with Gasteiger partial charge in [-0.05, 0) is 30.7 Å². The van der Waals surface area contributed by atoms with Gasteiger partial charge in [-0.15, -0.1) is 0 Å². The lowest BCUT2D eigenvalue weighted by atomic mass is 10.1. The predicted molar refractivity (Wildman–Crippen MR) is 73.7 cm³/mol. The van der Waals surface area contributed by atoms with E-state index < -0.39 is 6.04 Å². The number of nitriles is 1. The predicted octanol–water partition coefficient (Wildman–Crippen LogP) is 2.04. The van der Waals surface area contributed by atoms with E-state index in [2.05, 4.69) is 12.2 Å². The van der Waals surface area contributed by atoms with Crippen LogP contribution < -0.4 is 15.8 Å². The van der Waals surface area contributed by atoms with Gasteiger partial charge < -0.3 is 15.8 Å². The molecular formula is C14H19N3O2. The second-order valence-electron chi connectivity index (χ2n) is 4.21. The van der Waals surface area contributed by atoms with Crippen molar-refractivity contribution < 1.29 is 9.53 Å². The molecule has 1 atom stereocenters. The summed E-state index contributed by atoms with van der Waals surface area (Å²) in [5.41, 5.74) is 6.44. The normalized spacial score (nSPS) is 11.4. The van der Waals surface area contributed by atoms with Gasteiger partial charge in [-0.25, -0.2) is 0 Å². The quantitative estimate of drug-likeness (QED) is 0.786. The lowest BCUT2D eigenvalue weighted by molar-refractivity contribution is -0.117. The molecule has 0 aliphatic heterocycles. The summed E-state index contributed by atoms with van der Waals surface area (Å²) < 4.78 is 5.12. The molecule has 1 aromatic carbocycles. The van der Waals surface area contributed by atoms with Gasteiger partial charge in [0.25, 0.3) is 0 Å². The Bertz CT molecular complexity index is 437. The largest absolute Gasteiger partial charge is 0.479 e. The standard InChI is InChI=1S/C14H19N3O2/c1-2-3-4-13(16)14(18)17-11-5-7-12(8-6-11)19-10-9-15/h5-8,13H,2-4,10,16H2,1H3,(H,17,18)/t13-/m0/s1. The van der Waals surface area contributed by atoms with E-state index in [1.165, 1.54) is 0 Å². The maximum absolute atomic E-state index is 11.8. The Kier molecular flexibility index (Phi) is 6.41. The molecule has 5 heteroatoms. The van der Waals surface area contributed by atoms with Crippen LogP contribution in [0.5, 0.6) is 5.75 Å². The number of nitrogens with zero attached hydrogens (tertiary/aromatic N) is 1. The zero-order valence-corrected chi connectivity index (χ0v) is 11.1. The molecule has 0 bridgehead atoms. The van der Waals surface area contributed by atoms with Crippen LogP contribution in [0.15, 0.2) is 24.3 Å². The van der Waals surface area contributed by atoms with Gasteiger partial charge in [0.2, 0.25) is 5.91 Å². The van der Waals surface area contributed by atoms with Crippen LogP contribution in [-0.2, 0) is 4.79 Å². The molecule has 0 fully saturated rings. The Morgan fingerprint density at radius 2 is 2.16 bits per heavy atom. The highest BCUT2D eigenvalue weighted by Gasteiger charge is 2.12. The first-order chi connectivity index (χ1) is 9.17. The average Bonchev–Trinajstić information content (AvgIpc) is 2.43. The third-order valence-corrected chi connectivity index (χ3v) is 2.63. The third-order valence-electron chi connectivity index (χ3n) is 2.63. The molecule has 0 unspecified atom stereocenters. The number of unbranched alkanes of at least 4 members (excludes halogenated alkanes) is 1. The van der Waals surface area contributed by atoms with Crippen molar-refractivity contribution in [3.8, 4) is 11.8 Å². The Labute approximate surface area is 113 Å². The summed E-state index contributed by atoms with van der Waals surface area (Å²) in [5.74, 6) is 0.411. The van der Waals surface area contributed by atoms with Gasteiger partial charge in [-0.1, -0.05) is 19.8 Å². The van der Waals surface area contributed by atoms with Crippen molar-refractivity contribution in [3.63, 3.8) is 0 Å². The number of nitrogens with one attached hydrogen (secondary N) is 1. The third kappa shape index (κ3) is 5.40. The molecule has 0 aliphatic rings. The van der Waals surface area contributed by atoms with Gasteiger partial charge in [0.15, 0.2) is 6.61 Å². The lowest BCUT2D eigenvalue weighted by Gasteiger charge is -2.12. The number of anilines is 1. The van der Waals surface area contributed by atoms with Crippen LogP contribution in [0.1, 0.15) is 26.2 Å². The van der Waals surface area contributed by atoms with E-state index in [1.54, 1.807) is 24.3 Å². The fraction of sp³-hybridized carbons (Fsp3) is 0.429. The highest BCUT2D eigenvalue weighted by molar-refractivity contribution is 5.94. The maximum atomic E-state index is 11.8. The van der Waals surface area contributed by atoms with Crippen molar-refractivity contribution in [3.05, 3.63) is 24.3 Å². The van der Waals surface area contributed by atoms with Crippen molar-refractivity contribution in [2.45, 2.75) is 32.2 Å². The van der Waals surface area contributed by atoms with Crippen LogP contribution in [-0.4, -0.2) is 18.6 Å². The molecule has 0 saturated heterocycles. The second-order valence-corrected chi connectivity index (χ2v) is 4.21. The van der Waals surface area contributed by atoms with E-state index in [0.29, 0.717) is 17.9 Å². The van der Waals surface area contributed by atoms with Gasteiger partial charge in [0, 0.05) is 5.69 Å². The number of hydrogen-bond donors (Lipinski definition) is 2. The first-order valence-electron chi connectivity index (χ1n) is 6.33. The van der Waals surface area contributed by atoms with E-state index in [-0.39, 0.29) is 12.5 Å². The Hall–Kier alpha value is -2.06. The molecule has 0 saturated carbocycles. The molecular weight excluding hydrogens is 242 g/mol. The molecule has 5 nitrogen and oxygen atoms in total. The van der Waals surface area contributed by atoms with Crippen molar-refractivity contribution in [1.82, 2.24) is 0 Å². The molecule has 0 aromatic heterocycles. The van der Waals surface area contributed by atoms with Crippen LogP contribution in [0, 0.1) is 11.3 Å². The van der Waals surface area contributed by atoms with Crippen LogP contribution in [0.2, 0.25) is 0 Å². The minimum absolute atomic E-state index is 0.00754. The minimum atomic E-state index is -0.477. The first kappa shape index (κ1) is 15.0. The van der Waals surface area contributed by atoms with Gasteiger partial charge in [-0.3, -0.25) is 4.79 Å². The number of ether oxygens (including phenoxy) is 1. The SMILES string of the molecule is CCCC[C@H](N)C(=O)Nc1ccc(OCC#N)cc1. The average molecular weight is 261 g/mol. The number of rotatable bonds is 7. The molecule has 1 aromatic rings. The van der Waals surface area contributed by atoms with E-state index in [1.807, 2.05) is 6.07 Å². The summed E-state index contributed by atoms with van der Waals surface area (Å²) >= 11 is 0. The number of hydrogen-bond acceptors (Lipinski definition) is 4. The van der Waals surface area contributed by atoms with Crippen LogP contribution in [0.25, 0.3) is 0 Å². The summed E-state index contributed by atoms with van der Waals surface area (Å²) in [4.78, 5) is 11.8. The maximum Gasteiger partial charge on any atom is 0.241 e. The van der Waals surface area contributed by atoms with Crippen molar-refractivity contribution in [2.24, 2.45) is 5.73 Å². The molecule has 0 aliphatic carbocycles. The van der Waals surface area contributed by atoms with Crippen molar-refractivity contribution >= 4 is 11.6 Å². The monoisotopic (exact) mass is 261 g/mol. The van der Waals surface area contributed by atoms with E-state index in [4.69, 9.17) is 15.7 Å². The van der Waals surface area contributed by atoms with Gasteiger partial charge in [0.1, 0.15) is 11.8 Å². The highest BCUT2D eigenvalue weighted by atomic mass is 16.5. The fourth-order valence-electron chi connectivity index (χ4n) is 1.54. The van der Waals surface area contributed by atoms with Crippen LogP contribution in [0.4, 0.5) is 5.69 Å². The first-order valence-corrected chi connectivity index (χ1v) is 6.33. The Balaban J connectivity index is 2.48. The summed E-state index contributed by atoms with van der Waals surface area (Å²) in [6.45, 7) is 2.07. The number of benzene rings is 1. The summed E-state index contributed by atoms with van der Waals surface area (Å²) in [6, 6.07) is 8.25. The highest BCUT2D eigenvalue weighted by Crippen LogP contribution is 2.16. The Morgan fingerprint density at radius 3 is 2.74 bits per heavy atom. The molecule has 1 amide bonds. The topological polar surface area (TPSA) is 88.1 Å². The number of carbonyl (C=O) groups is 1. The summed E-state index contributed by atoms with van der Waals surface area (Å²) in [6.07, 6.45) is 2.65. The van der Waals surface area contributed by atoms with Gasteiger partial charge >= 0.3 is 0 Å². The molecule has 102 valence electrons. The molecule has 0 spiro atoms. The van der Waals surface area contributed by atoms with Gasteiger partial charge in [-0.2, -0.15) is 5.26 Å². The summed E-state index contributed by atoms with van der Waals surface area (Å²) in [7, 11) is 0. The molecule has 1 rings (SSSR count). The smallest absolute Gasteiger partial charge is 0.241 e. The molecule has 0 heterocycles. The second kappa shape index (κ2) is 8.11. The molecule has 19 heavy (non-hydrogen) atoms. The number of amides is 1. The lowest BCUT2D eigenvalue weighted by Crippen LogP contribution is -2.35. The van der Waals surface area contributed by atoms with Gasteiger partial charge in [0.05, 0.1) is 6.04 Å².